The third-order valence-electron chi connectivity index (χ3n) is 3.51. The Bertz CT molecular complexity index is 772. The molecule has 0 aliphatic heterocycles. The molecule has 0 unspecified atom stereocenters. The first-order valence-electron chi connectivity index (χ1n) is 7.86. The Hall–Kier alpha value is -2.37. The third kappa shape index (κ3) is 4.81. The monoisotopic (exact) mass is 338 g/mol. The van der Waals surface area contributed by atoms with Gasteiger partial charge in [0, 0.05) is 12.2 Å². The van der Waals surface area contributed by atoms with Crippen LogP contribution in [0.4, 0.5) is 0 Å². The van der Waals surface area contributed by atoms with Gasteiger partial charge in [0.1, 0.15) is 0 Å². The summed E-state index contributed by atoms with van der Waals surface area (Å²) in [6, 6.07) is 20.4. The van der Waals surface area contributed by atoms with Crippen molar-refractivity contribution in [1.82, 2.24) is 10.2 Å². The zero-order valence-corrected chi connectivity index (χ0v) is 14.2. The molecular formula is C19H20N3OS+. The highest BCUT2D eigenvalue weighted by Gasteiger charge is 2.18. The summed E-state index contributed by atoms with van der Waals surface area (Å²) in [6.45, 7) is 0. The van der Waals surface area contributed by atoms with E-state index in [0.717, 1.165) is 12.2 Å². The summed E-state index contributed by atoms with van der Waals surface area (Å²) in [6.07, 6.45) is 4.97. The molecule has 1 heterocycles. The summed E-state index contributed by atoms with van der Waals surface area (Å²) >= 11 is 1.53. The first kappa shape index (κ1) is 16.5. The van der Waals surface area contributed by atoms with Crippen LogP contribution in [0.2, 0.25) is 0 Å². The largest absolute Gasteiger partial charge is 0.410 e. The van der Waals surface area contributed by atoms with Crippen molar-refractivity contribution in [1.29, 1.82) is 0 Å². The van der Waals surface area contributed by atoms with Crippen molar-refractivity contribution in [2.45, 2.75) is 17.7 Å². The molecular weight excluding hydrogens is 318 g/mol. The number of benzene rings is 2. The van der Waals surface area contributed by atoms with Crippen molar-refractivity contribution in [3.05, 3.63) is 83.8 Å². The van der Waals surface area contributed by atoms with Crippen LogP contribution in [0.3, 0.4) is 0 Å². The lowest BCUT2D eigenvalue weighted by atomic mass is 10.1. The van der Waals surface area contributed by atoms with E-state index in [4.69, 9.17) is 4.42 Å². The third-order valence-corrected chi connectivity index (χ3v) is 4.28. The van der Waals surface area contributed by atoms with Crippen LogP contribution in [0.25, 0.3) is 6.08 Å². The molecule has 3 aromatic rings. The molecule has 0 aliphatic carbocycles. The average Bonchev–Trinajstić information content (AvgIpc) is 3.10. The van der Waals surface area contributed by atoms with Gasteiger partial charge in [0.2, 0.25) is 0 Å². The minimum absolute atomic E-state index is 0.0332. The van der Waals surface area contributed by atoms with E-state index in [9.17, 15) is 0 Å². The topological polar surface area (TPSA) is 66.6 Å². The molecule has 0 fully saturated rings. The molecule has 0 amide bonds. The average molecular weight is 338 g/mol. The summed E-state index contributed by atoms with van der Waals surface area (Å²) in [5.41, 5.74) is 6.54. The molecule has 1 atom stereocenters. The number of aromatic nitrogens is 2. The van der Waals surface area contributed by atoms with Crippen molar-refractivity contribution in [3.63, 3.8) is 0 Å². The van der Waals surface area contributed by atoms with Gasteiger partial charge in [-0.2, -0.15) is 0 Å². The lowest BCUT2D eigenvalue weighted by Gasteiger charge is -2.03. The summed E-state index contributed by atoms with van der Waals surface area (Å²) in [7, 11) is 0. The summed E-state index contributed by atoms with van der Waals surface area (Å²) in [4.78, 5) is 0. The molecule has 0 aliphatic rings. The number of thioether (sulfide) groups is 1. The van der Waals surface area contributed by atoms with Gasteiger partial charge in [-0.25, -0.2) is 0 Å². The second kappa shape index (κ2) is 8.47. The smallest absolute Gasteiger partial charge is 0.277 e. The molecule has 5 heteroatoms. The van der Waals surface area contributed by atoms with Crippen LogP contribution in [0, 0.1) is 0 Å². The highest BCUT2D eigenvalue weighted by molar-refractivity contribution is 7.99. The van der Waals surface area contributed by atoms with Gasteiger partial charge >= 0.3 is 0 Å². The van der Waals surface area contributed by atoms with Crippen LogP contribution >= 0.6 is 11.8 Å². The van der Waals surface area contributed by atoms with Gasteiger partial charge in [0.05, 0.1) is 0 Å². The lowest BCUT2D eigenvalue weighted by Crippen LogP contribution is -2.54. The Labute approximate surface area is 145 Å². The second-order valence-corrected chi connectivity index (χ2v) is 6.39. The number of hydrogen-bond donors (Lipinski definition) is 1. The fourth-order valence-electron chi connectivity index (χ4n) is 2.30. The Kier molecular flexibility index (Phi) is 5.82. The van der Waals surface area contributed by atoms with Gasteiger partial charge in [-0.15, -0.1) is 10.2 Å². The normalized spacial score (nSPS) is 12.5. The zero-order chi connectivity index (χ0) is 16.6. The van der Waals surface area contributed by atoms with Crippen LogP contribution in [0.1, 0.15) is 23.1 Å². The number of hydrogen-bond acceptors (Lipinski definition) is 4. The maximum Gasteiger partial charge on any atom is 0.277 e. The highest BCUT2D eigenvalue weighted by Crippen LogP contribution is 2.20. The Morgan fingerprint density at radius 1 is 1.00 bits per heavy atom. The molecule has 0 saturated heterocycles. The minimum atomic E-state index is -0.0332. The maximum absolute atomic E-state index is 5.71. The number of rotatable bonds is 7. The molecule has 24 heavy (non-hydrogen) atoms. The Morgan fingerprint density at radius 3 is 2.46 bits per heavy atom. The van der Waals surface area contributed by atoms with Crippen LogP contribution < -0.4 is 5.73 Å². The summed E-state index contributed by atoms with van der Waals surface area (Å²) < 4.78 is 5.71. The van der Waals surface area contributed by atoms with Gasteiger partial charge in [-0.3, -0.25) is 0 Å². The minimum Gasteiger partial charge on any atom is -0.410 e. The fraction of sp³-hybridized carbons (Fsp3) is 0.158. The predicted octanol–water partition coefficient (Wildman–Crippen LogP) is 3.40. The van der Waals surface area contributed by atoms with E-state index in [-0.39, 0.29) is 6.04 Å². The van der Waals surface area contributed by atoms with Crippen molar-refractivity contribution in [3.8, 4) is 0 Å². The van der Waals surface area contributed by atoms with Gasteiger partial charge in [-0.1, -0.05) is 84.6 Å². The van der Waals surface area contributed by atoms with Crippen LogP contribution in [0.5, 0.6) is 0 Å². The summed E-state index contributed by atoms with van der Waals surface area (Å²) in [5.74, 6) is 1.38. The zero-order valence-electron chi connectivity index (χ0n) is 13.3. The van der Waals surface area contributed by atoms with E-state index in [2.05, 4.69) is 52.3 Å². The van der Waals surface area contributed by atoms with Gasteiger partial charge in [0.15, 0.2) is 6.04 Å². The molecule has 0 saturated carbocycles. The van der Waals surface area contributed by atoms with Gasteiger partial charge in [-0.05, 0) is 11.1 Å². The van der Waals surface area contributed by atoms with E-state index < -0.39 is 0 Å². The highest BCUT2D eigenvalue weighted by atomic mass is 32.2. The van der Waals surface area contributed by atoms with Crippen molar-refractivity contribution in [2.75, 3.05) is 5.75 Å². The molecule has 0 radical (unpaired) electrons. The number of quaternary nitrogens is 1. The van der Waals surface area contributed by atoms with E-state index in [1.165, 1.54) is 22.9 Å². The molecule has 0 bridgehead atoms. The van der Waals surface area contributed by atoms with Crippen molar-refractivity contribution < 1.29 is 10.2 Å². The molecule has 122 valence electrons. The van der Waals surface area contributed by atoms with Gasteiger partial charge < -0.3 is 10.2 Å². The quantitative estimate of drug-likeness (QED) is 0.671. The molecule has 0 spiro atoms. The second-order valence-electron chi connectivity index (χ2n) is 5.42. The summed E-state index contributed by atoms with van der Waals surface area (Å²) in [5, 5.41) is 8.81. The van der Waals surface area contributed by atoms with Crippen LogP contribution in [-0.4, -0.2) is 16.0 Å². The Morgan fingerprint density at radius 2 is 1.71 bits per heavy atom. The molecule has 3 rings (SSSR count). The molecule has 1 aromatic heterocycles. The van der Waals surface area contributed by atoms with Gasteiger partial charge in [0.25, 0.3) is 11.1 Å². The lowest BCUT2D eigenvalue weighted by molar-refractivity contribution is -0.431. The van der Waals surface area contributed by atoms with Crippen LogP contribution in [0.15, 0.2) is 76.4 Å². The SMILES string of the molecule is [NH3+][C@@H](Cc1ccccc1)c1nnc(SC/C=C/c2ccccc2)o1. The number of nitrogens with zero attached hydrogens (tertiary/aromatic N) is 2. The molecule has 2 aromatic carbocycles. The fourth-order valence-corrected chi connectivity index (χ4v) is 2.88. The van der Waals surface area contributed by atoms with Crippen LogP contribution in [-0.2, 0) is 6.42 Å². The first-order chi connectivity index (χ1) is 11.8. The van der Waals surface area contributed by atoms with Crippen molar-refractivity contribution >= 4 is 17.8 Å². The maximum atomic E-state index is 5.71. The molecule has 4 nitrogen and oxygen atoms in total. The van der Waals surface area contributed by atoms with E-state index >= 15 is 0 Å². The standard InChI is InChI=1S/C19H19N3OS/c20-17(14-16-10-5-2-6-11-16)18-21-22-19(23-18)24-13-7-12-15-8-3-1-4-9-15/h1-12,17H,13-14,20H2/p+1/b12-7+/t17-/m0/s1. The van der Waals surface area contributed by atoms with E-state index in [1.807, 2.05) is 36.4 Å². The predicted molar refractivity (Wildman–Crippen MR) is 96.3 cm³/mol. The van der Waals surface area contributed by atoms with E-state index in [0.29, 0.717) is 11.1 Å². The van der Waals surface area contributed by atoms with Crippen molar-refractivity contribution in [2.24, 2.45) is 0 Å². The Balaban J connectivity index is 1.51. The van der Waals surface area contributed by atoms with E-state index in [1.54, 1.807) is 0 Å². The first-order valence-corrected chi connectivity index (χ1v) is 8.84. The molecule has 3 N–H and O–H groups in total.